The molecule has 0 unspecified atom stereocenters. The number of nitrogens with zero attached hydrogens (tertiary/aromatic N) is 3. The Morgan fingerprint density at radius 3 is 2.89 bits per heavy atom. The fraction of sp³-hybridized carbons (Fsp3) is 0.462. The van der Waals surface area contributed by atoms with Crippen molar-refractivity contribution in [3.05, 3.63) is 35.3 Å². The van der Waals surface area contributed by atoms with Crippen LogP contribution in [0.2, 0.25) is 5.15 Å². The average Bonchev–Trinajstić information content (AvgIpc) is 2.91. The molecule has 19 heavy (non-hydrogen) atoms. The van der Waals surface area contributed by atoms with Gasteiger partial charge in [0.1, 0.15) is 23.1 Å². The van der Waals surface area contributed by atoms with E-state index in [9.17, 15) is 0 Å². The van der Waals surface area contributed by atoms with E-state index in [0.717, 1.165) is 49.4 Å². The maximum Gasteiger partial charge on any atom is 0.137 e. The summed E-state index contributed by atoms with van der Waals surface area (Å²) in [5, 5.41) is 3.87. The summed E-state index contributed by atoms with van der Waals surface area (Å²) in [6.07, 6.45) is 8.92. The Bertz CT molecular complexity index is 498. The van der Waals surface area contributed by atoms with E-state index in [1.54, 1.807) is 6.20 Å². The largest absolute Gasteiger partial charge is 0.370 e. The van der Waals surface area contributed by atoms with Crippen molar-refractivity contribution in [1.82, 2.24) is 19.9 Å². The lowest BCUT2D eigenvalue weighted by Crippen LogP contribution is -2.08. The zero-order valence-electron chi connectivity index (χ0n) is 11.0. The summed E-state index contributed by atoms with van der Waals surface area (Å²) in [4.78, 5) is 15.6. The van der Waals surface area contributed by atoms with Crippen LogP contribution in [0.15, 0.2) is 18.7 Å². The Morgan fingerprint density at radius 1 is 1.26 bits per heavy atom. The summed E-state index contributed by atoms with van der Waals surface area (Å²) in [6, 6.07) is 0. The van der Waals surface area contributed by atoms with Gasteiger partial charge < -0.3 is 10.3 Å². The fourth-order valence-electron chi connectivity index (χ4n) is 1.91. The zero-order chi connectivity index (χ0) is 13.5. The van der Waals surface area contributed by atoms with E-state index in [0.29, 0.717) is 5.15 Å². The molecule has 0 aromatic carbocycles. The van der Waals surface area contributed by atoms with Crippen molar-refractivity contribution in [3.8, 4) is 0 Å². The first kappa shape index (κ1) is 13.8. The number of halogens is 1. The minimum atomic E-state index is 0.547. The van der Waals surface area contributed by atoms with Crippen LogP contribution in [0.4, 0.5) is 5.82 Å². The van der Waals surface area contributed by atoms with E-state index in [-0.39, 0.29) is 0 Å². The second kappa shape index (κ2) is 7.09. The molecule has 0 aliphatic rings. The molecule has 102 valence electrons. The van der Waals surface area contributed by atoms with Crippen molar-refractivity contribution >= 4 is 17.4 Å². The van der Waals surface area contributed by atoms with Gasteiger partial charge in [-0.05, 0) is 12.8 Å². The van der Waals surface area contributed by atoms with E-state index in [2.05, 4.69) is 32.2 Å². The van der Waals surface area contributed by atoms with Crippen molar-refractivity contribution in [2.24, 2.45) is 0 Å². The van der Waals surface area contributed by atoms with E-state index in [4.69, 9.17) is 11.6 Å². The molecule has 5 nitrogen and oxygen atoms in total. The molecule has 2 N–H and O–H groups in total. The Kier molecular flexibility index (Phi) is 5.15. The fourth-order valence-corrected chi connectivity index (χ4v) is 2.14. The lowest BCUT2D eigenvalue weighted by molar-refractivity contribution is 0.809. The Labute approximate surface area is 117 Å². The van der Waals surface area contributed by atoms with Crippen LogP contribution in [0.3, 0.4) is 0 Å². The van der Waals surface area contributed by atoms with E-state index < -0.39 is 0 Å². The molecule has 0 fully saturated rings. The Balaban J connectivity index is 1.86. The van der Waals surface area contributed by atoms with Gasteiger partial charge in [0.25, 0.3) is 0 Å². The summed E-state index contributed by atoms with van der Waals surface area (Å²) in [5.74, 6) is 1.86. The van der Waals surface area contributed by atoms with E-state index in [1.807, 2.05) is 6.20 Å². The van der Waals surface area contributed by atoms with Crippen molar-refractivity contribution in [2.75, 3.05) is 11.9 Å². The van der Waals surface area contributed by atoms with Crippen LogP contribution < -0.4 is 5.32 Å². The van der Waals surface area contributed by atoms with Crippen LogP contribution in [0.5, 0.6) is 0 Å². The normalized spacial score (nSPS) is 10.6. The number of nitrogens with one attached hydrogen (secondary N) is 2. The van der Waals surface area contributed by atoms with Crippen LogP contribution in [0.1, 0.15) is 31.2 Å². The number of aryl methyl sites for hydroxylation is 1. The van der Waals surface area contributed by atoms with Gasteiger partial charge in [0, 0.05) is 30.9 Å². The standard InChI is InChI=1S/C13H18ClN5/c1-2-4-10-12(14)18-9-19-13(10)17-6-3-5-11-15-7-8-16-11/h7-9H,2-6H2,1H3,(H,15,16)(H,17,18,19). The summed E-state index contributed by atoms with van der Waals surface area (Å²) in [7, 11) is 0. The van der Waals surface area contributed by atoms with Crippen LogP contribution in [0.25, 0.3) is 0 Å². The minimum absolute atomic E-state index is 0.547. The highest BCUT2D eigenvalue weighted by atomic mass is 35.5. The molecule has 0 amide bonds. The third-order valence-electron chi connectivity index (χ3n) is 2.83. The van der Waals surface area contributed by atoms with Crippen molar-refractivity contribution in [1.29, 1.82) is 0 Å². The number of anilines is 1. The molecule has 0 saturated carbocycles. The Hall–Kier alpha value is -1.62. The molecular formula is C13H18ClN5. The van der Waals surface area contributed by atoms with Gasteiger partial charge in [-0.1, -0.05) is 24.9 Å². The molecule has 0 aliphatic carbocycles. The molecule has 2 aromatic rings. The van der Waals surface area contributed by atoms with E-state index >= 15 is 0 Å². The first-order chi connectivity index (χ1) is 9.31. The van der Waals surface area contributed by atoms with Gasteiger partial charge in [0.15, 0.2) is 0 Å². The minimum Gasteiger partial charge on any atom is -0.370 e. The smallest absolute Gasteiger partial charge is 0.137 e. The summed E-state index contributed by atoms with van der Waals surface area (Å²) in [6.45, 7) is 2.95. The second-order valence-electron chi connectivity index (χ2n) is 4.31. The number of aromatic amines is 1. The van der Waals surface area contributed by atoms with Gasteiger partial charge in [-0.15, -0.1) is 0 Å². The highest BCUT2D eigenvalue weighted by molar-refractivity contribution is 6.30. The highest BCUT2D eigenvalue weighted by Crippen LogP contribution is 2.21. The van der Waals surface area contributed by atoms with Crippen molar-refractivity contribution in [2.45, 2.75) is 32.6 Å². The number of aromatic nitrogens is 4. The highest BCUT2D eigenvalue weighted by Gasteiger charge is 2.08. The quantitative estimate of drug-likeness (QED) is 0.604. The van der Waals surface area contributed by atoms with E-state index in [1.165, 1.54) is 6.33 Å². The number of rotatable bonds is 7. The predicted molar refractivity (Wildman–Crippen MR) is 76.4 cm³/mol. The van der Waals surface area contributed by atoms with Crippen molar-refractivity contribution in [3.63, 3.8) is 0 Å². The number of H-pyrrole nitrogens is 1. The molecule has 0 spiro atoms. The number of imidazole rings is 1. The molecule has 2 heterocycles. The van der Waals surface area contributed by atoms with Crippen LogP contribution in [0, 0.1) is 0 Å². The third-order valence-corrected chi connectivity index (χ3v) is 3.16. The van der Waals surface area contributed by atoms with Gasteiger partial charge in [-0.3, -0.25) is 0 Å². The van der Waals surface area contributed by atoms with Gasteiger partial charge in [-0.2, -0.15) is 0 Å². The van der Waals surface area contributed by atoms with Gasteiger partial charge in [0.05, 0.1) is 0 Å². The average molecular weight is 280 g/mol. The van der Waals surface area contributed by atoms with Crippen LogP contribution >= 0.6 is 11.6 Å². The van der Waals surface area contributed by atoms with Crippen LogP contribution in [-0.4, -0.2) is 26.5 Å². The maximum atomic E-state index is 6.10. The molecular weight excluding hydrogens is 262 g/mol. The second-order valence-corrected chi connectivity index (χ2v) is 4.67. The third kappa shape index (κ3) is 3.92. The summed E-state index contributed by atoms with van der Waals surface area (Å²) < 4.78 is 0. The lowest BCUT2D eigenvalue weighted by Gasteiger charge is -2.10. The molecule has 0 bridgehead atoms. The molecule has 6 heteroatoms. The number of hydrogen-bond acceptors (Lipinski definition) is 4. The number of hydrogen-bond donors (Lipinski definition) is 2. The first-order valence-electron chi connectivity index (χ1n) is 6.52. The molecule has 2 rings (SSSR count). The summed E-state index contributed by atoms with van der Waals surface area (Å²) in [5.41, 5.74) is 1.00. The lowest BCUT2D eigenvalue weighted by atomic mass is 10.2. The topological polar surface area (TPSA) is 66.5 Å². The Morgan fingerprint density at radius 2 is 2.16 bits per heavy atom. The first-order valence-corrected chi connectivity index (χ1v) is 6.90. The molecule has 0 aliphatic heterocycles. The predicted octanol–water partition coefficient (Wildman–Crippen LogP) is 2.85. The molecule has 0 saturated heterocycles. The van der Waals surface area contributed by atoms with Gasteiger partial charge >= 0.3 is 0 Å². The monoisotopic (exact) mass is 279 g/mol. The maximum absolute atomic E-state index is 6.10. The zero-order valence-corrected chi connectivity index (χ0v) is 11.7. The van der Waals surface area contributed by atoms with Gasteiger partial charge in [-0.25, -0.2) is 15.0 Å². The molecule has 2 aromatic heterocycles. The SMILES string of the molecule is CCCc1c(Cl)ncnc1NCCCc1ncc[nH]1. The molecule has 0 radical (unpaired) electrons. The van der Waals surface area contributed by atoms with Gasteiger partial charge in [0.2, 0.25) is 0 Å². The van der Waals surface area contributed by atoms with Crippen molar-refractivity contribution < 1.29 is 0 Å². The molecule has 0 atom stereocenters. The summed E-state index contributed by atoms with van der Waals surface area (Å²) >= 11 is 6.10. The van der Waals surface area contributed by atoms with Crippen LogP contribution in [-0.2, 0) is 12.8 Å².